The second-order valence-electron chi connectivity index (χ2n) is 3.39. The second-order valence-corrected chi connectivity index (χ2v) is 3.39. The Morgan fingerprint density at radius 1 is 1.53 bits per heavy atom. The van der Waals surface area contributed by atoms with Crippen LogP contribution >= 0.6 is 0 Å². The van der Waals surface area contributed by atoms with E-state index in [2.05, 4.69) is 15.3 Å². The molecule has 15 heavy (non-hydrogen) atoms. The maximum atomic E-state index is 5.62. The van der Waals surface area contributed by atoms with Crippen LogP contribution in [-0.2, 0) is 11.2 Å². The molecule has 1 aromatic rings. The van der Waals surface area contributed by atoms with Gasteiger partial charge in [0, 0.05) is 19.5 Å². The Bertz CT molecular complexity index is 317. The Balaban J connectivity index is 2.13. The molecule has 2 heterocycles. The minimum Gasteiger partial charge on any atom is -0.469 e. The summed E-state index contributed by atoms with van der Waals surface area (Å²) >= 11 is 0. The number of nitrogens with zero attached hydrogens (tertiary/aromatic N) is 2. The van der Waals surface area contributed by atoms with Gasteiger partial charge in [-0.3, -0.25) is 0 Å². The average Bonchev–Trinajstić information content (AvgIpc) is 2.23. The SMILES string of the molecule is CCc1nc(NC)cc(OC2COC2)n1. The van der Waals surface area contributed by atoms with Crippen molar-refractivity contribution in [1.29, 1.82) is 0 Å². The molecule has 5 nitrogen and oxygen atoms in total. The van der Waals surface area contributed by atoms with E-state index in [9.17, 15) is 0 Å². The number of aryl methyl sites for hydroxylation is 1. The van der Waals surface area contributed by atoms with E-state index in [-0.39, 0.29) is 6.10 Å². The molecule has 0 atom stereocenters. The Hall–Kier alpha value is -1.36. The maximum Gasteiger partial charge on any atom is 0.219 e. The zero-order valence-corrected chi connectivity index (χ0v) is 8.99. The molecule has 0 radical (unpaired) electrons. The predicted octanol–water partition coefficient (Wildman–Crippen LogP) is 0.858. The van der Waals surface area contributed by atoms with Crippen molar-refractivity contribution in [2.45, 2.75) is 19.4 Å². The highest BCUT2D eigenvalue weighted by atomic mass is 16.6. The number of hydrogen-bond acceptors (Lipinski definition) is 5. The lowest BCUT2D eigenvalue weighted by Crippen LogP contribution is -2.38. The summed E-state index contributed by atoms with van der Waals surface area (Å²) in [5.74, 6) is 2.20. The van der Waals surface area contributed by atoms with Crippen LogP contribution in [0.3, 0.4) is 0 Å². The van der Waals surface area contributed by atoms with Crippen molar-refractivity contribution < 1.29 is 9.47 Å². The molecule has 1 fully saturated rings. The molecular formula is C10H15N3O2. The summed E-state index contributed by atoms with van der Waals surface area (Å²) in [6.07, 6.45) is 0.946. The molecule has 2 rings (SSSR count). The van der Waals surface area contributed by atoms with Crippen molar-refractivity contribution in [3.8, 4) is 5.88 Å². The molecule has 1 aliphatic heterocycles. The molecule has 1 aromatic heterocycles. The summed E-state index contributed by atoms with van der Waals surface area (Å²) < 4.78 is 10.7. The van der Waals surface area contributed by atoms with Gasteiger partial charge in [0.2, 0.25) is 5.88 Å². The average molecular weight is 209 g/mol. The van der Waals surface area contributed by atoms with Crippen LogP contribution in [0, 0.1) is 0 Å². The van der Waals surface area contributed by atoms with Gasteiger partial charge in [-0.25, -0.2) is 4.98 Å². The van der Waals surface area contributed by atoms with Gasteiger partial charge in [0.05, 0.1) is 13.2 Å². The van der Waals surface area contributed by atoms with Gasteiger partial charge in [-0.05, 0) is 0 Å². The number of ether oxygens (including phenoxy) is 2. The van der Waals surface area contributed by atoms with Crippen molar-refractivity contribution >= 4 is 5.82 Å². The van der Waals surface area contributed by atoms with Crippen LogP contribution < -0.4 is 10.1 Å². The first-order valence-corrected chi connectivity index (χ1v) is 5.12. The van der Waals surface area contributed by atoms with Crippen molar-refractivity contribution in [1.82, 2.24) is 9.97 Å². The van der Waals surface area contributed by atoms with E-state index in [0.717, 1.165) is 18.1 Å². The third-order valence-electron chi connectivity index (χ3n) is 2.22. The minimum absolute atomic E-state index is 0.148. The summed E-state index contributed by atoms with van der Waals surface area (Å²) in [7, 11) is 1.83. The first-order valence-electron chi connectivity index (χ1n) is 5.12. The van der Waals surface area contributed by atoms with Crippen LogP contribution in [-0.4, -0.2) is 36.3 Å². The first-order chi connectivity index (χ1) is 7.31. The van der Waals surface area contributed by atoms with Crippen LogP contribution in [0.2, 0.25) is 0 Å². The van der Waals surface area contributed by atoms with E-state index in [1.54, 1.807) is 6.07 Å². The highest BCUT2D eigenvalue weighted by Gasteiger charge is 2.21. The third kappa shape index (κ3) is 2.36. The van der Waals surface area contributed by atoms with Gasteiger partial charge < -0.3 is 14.8 Å². The molecule has 0 saturated carbocycles. The number of rotatable bonds is 4. The summed E-state index contributed by atoms with van der Waals surface area (Å²) in [5, 5.41) is 2.99. The second kappa shape index (κ2) is 4.44. The lowest BCUT2D eigenvalue weighted by atomic mass is 10.3. The Morgan fingerprint density at radius 3 is 2.87 bits per heavy atom. The molecule has 1 saturated heterocycles. The van der Waals surface area contributed by atoms with E-state index in [4.69, 9.17) is 9.47 Å². The van der Waals surface area contributed by atoms with Gasteiger partial charge in [-0.1, -0.05) is 6.92 Å². The largest absolute Gasteiger partial charge is 0.469 e. The minimum atomic E-state index is 0.148. The summed E-state index contributed by atoms with van der Waals surface area (Å²) in [6.45, 7) is 3.33. The molecule has 82 valence electrons. The van der Waals surface area contributed by atoms with Crippen molar-refractivity contribution in [3.63, 3.8) is 0 Å². The number of anilines is 1. The fourth-order valence-corrected chi connectivity index (χ4v) is 1.27. The van der Waals surface area contributed by atoms with Crippen molar-refractivity contribution in [2.24, 2.45) is 0 Å². The van der Waals surface area contributed by atoms with Gasteiger partial charge in [-0.15, -0.1) is 0 Å². The molecule has 5 heteroatoms. The Labute approximate surface area is 88.8 Å². The molecule has 0 bridgehead atoms. The molecule has 1 N–H and O–H groups in total. The van der Waals surface area contributed by atoms with E-state index < -0.39 is 0 Å². The van der Waals surface area contributed by atoms with Crippen LogP contribution in [0.15, 0.2) is 6.07 Å². The first kappa shape index (κ1) is 10.2. The maximum absolute atomic E-state index is 5.62. The molecule has 0 amide bonds. The monoisotopic (exact) mass is 209 g/mol. The summed E-state index contributed by atoms with van der Waals surface area (Å²) in [5.41, 5.74) is 0. The van der Waals surface area contributed by atoms with Crippen LogP contribution in [0.25, 0.3) is 0 Å². The molecule has 0 aromatic carbocycles. The third-order valence-corrected chi connectivity index (χ3v) is 2.22. The molecular weight excluding hydrogens is 194 g/mol. The fraction of sp³-hybridized carbons (Fsp3) is 0.600. The normalized spacial score (nSPS) is 15.9. The van der Waals surface area contributed by atoms with Crippen molar-refractivity contribution in [3.05, 3.63) is 11.9 Å². The summed E-state index contributed by atoms with van der Waals surface area (Å²) in [4.78, 5) is 8.58. The summed E-state index contributed by atoms with van der Waals surface area (Å²) in [6, 6.07) is 1.80. The van der Waals surface area contributed by atoms with E-state index in [0.29, 0.717) is 19.1 Å². The van der Waals surface area contributed by atoms with Gasteiger partial charge in [0.15, 0.2) is 0 Å². The zero-order valence-electron chi connectivity index (χ0n) is 8.99. The van der Waals surface area contributed by atoms with Gasteiger partial charge in [0.1, 0.15) is 17.7 Å². The van der Waals surface area contributed by atoms with Crippen LogP contribution in [0.1, 0.15) is 12.7 Å². The predicted molar refractivity (Wildman–Crippen MR) is 56.2 cm³/mol. The highest BCUT2D eigenvalue weighted by Crippen LogP contribution is 2.17. The van der Waals surface area contributed by atoms with E-state index in [1.165, 1.54) is 0 Å². The highest BCUT2D eigenvalue weighted by molar-refractivity contribution is 5.37. The fourth-order valence-electron chi connectivity index (χ4n) is 1.27. The standard InChI is InChI=1S/C10H15N3O2/c1-3-8-12-9(11-2)4-10(13-8)15-7-5-14-6-7/h4,7H,3,5-6H2,1-2H3,(H,11,12,13). The smallest absolute Gasteiger partial charge is 0.219 e. The van der Waals surface area contributed by atoms with Crippen LogP contribution in [0.5, 0.6) is 5.88 Å². The lowest BCUT2D eigenvalue weighted by Gasteiger charge is -2.26. The van der Waals surface area contributed by atoms with Gasteiger partial charge in [0.25, 0.3) is 0 Å². The molecule has 0 aliphatic carbocycles. The Morgan fingerprint density at radius 2 is 2.33 bits per heavy atom. The van der Waals surface area contributed by atoms with E-state index >= 15 is 0 Å². The Kier molecular flexibility index (Phi) is 3.01. The molecule has 0 spiro atoms. The quantitative estimate of drug-likeness (QED) is 0.797. The van der Waals surface area contributed by atoms with E-state index in [1.807, 2.05) is 14.0 Å². The molecule has 0 unspecified atom stereocenters. The number of hydrogen-bond donors (Lipinski definition) is 1. The number of aromatic nitrogens is 2. The van der Waals surface area contributed by atoms with Gasteiger partial charge in [-0.2, -0.15) is 4.98 Å². The van der Waals surface area contributed by atoms with Gasteiger partial charge >= 0.3 is 0 Å². The number of nitrogens with one attached hydrogen (secondary N) is 1. The van der Waals surface area contributed by atoms with Crippen LogP contribution in [0.4, 0.5) is 5.82 Å². The topological polar surface area (TPSA) is 56.3 Å². The lowest BCUT2D eigenvalue weighted by molar-refractivity contribution is -0.0814. The molecule has 1 aliphatic rings. The zero-order chi connectivity index (χ0) is 10.7. The van der Waals surface area contributed by atoms with Crippen molar-refractivity contribution in [2.75, 3.05) is 25.6 Å².